The number of hydrogen-bond acceptors (Lipinski definition) is 1. The highest BCUT2D eigenvalue weighted by Gasteiger charge is 2.21. The minimum atomic E-state index is -0.335. The van der Waals surface area contributed by atoms with E-state index in [2.05, 4.69) is 6.92 Å². The summed E-state index contributed by atoms with van der Waals surface area (Å²) < 4.78 is 13.8. The number of halogens is 2. The maximum Gasteiger partial charge on any atom is 0.142 e. The zero-order valence-electron chi connectivity index (χ0n) is 11.0. The minimum absolute atomic E-state index is 0.156. The molecule has 0 aromatic heterocycles. The van der Waals surface area contributed by atoms with E-state index >= 15 is 0 Å². The van der Waals surface area contributed by atoms with Crippen LogP contribution in [0.25, 0.3) is 0 Å². The normalized spacial score (nSPS) is 13.8. The lowest BCUT2D eigenvalue weighted by molar-refractivity contribution is 0.566. The molecule has 1 aromatic rings. The molecule has 0 radical (unpaired) electrons. The van der Waals surface area contributed by atoms with Crippen LogP contribution < -0.4 is 5.73 Å². The van der Waals surface area contributed by atoms with E-state index in [1.165, 1.54) is 6.07 Å². The molecule has 17 heavy (non-hydrogen) atoms. The van der Waals surface area contributed by atoms with E-state index in [0.29, 0.717) is 6.54 Å². The molecular weight excluding hydrogens is 237 g/mol. The molecule has 0 amide bonds. The third-order valence-electron chi connectivity index (χ3n) is 3.03. The second kappa shape index (κ2) is 5.36. The zero-order valence-corrected chi connectivity index (χ0v) is 11.7. The summed E-state index contributed by atoms with van der Waals surface area (Å²) in [6.45, 7) is 8.76. The molecule has 0 aliphatic rings. The number of hydrogen-bond donors (Lipinski definition) is 1. The van der Waals surface area contributed by atoms with Gasteiger partial charge >= 0.3 is 0 Å². The molecule has 1 rings (SSSR count). The van der Waals surface area contributed by atoms with Gasteiger partial charge in [0.05, 0.1) is 5.02 Å². The Morgan fingerprint density at radius 3 is 2.41 bits per heavy atom. The van der Waals surface area contributed by atoms with Gasteiger partial charge in [-0.1, -0.05) is 45.4 Å². The van der Waals surface area contributed by atoms with Crippen LogP contribution in [-0.2, 0) is 5.41 Å². The third kappa shape index (κ3) is 3.43. The molecule has 0 aliphatic heterocycles. The van der Waals surface area contributed by atoms with Crippen LogP contribution in [0.5, 0.6) is 0 Å². The van der Waals surface area contributed by atoms with Gasteiger partial charge in [0.1, 0.15) is 5.82 Å². The molecule has 0 fully saturated rings. The fraction of sp³-hybridized carbons (Fsp3) is 0.571. The molecule has 2 N–H and O–H groups in total. The first-order chi connectivity index (χ1) is 7.77. The number of rotatable bonds is 3. The average Bonchev–Trinajstić information content (AvgIpc) is 2.20. The van der Waals surface area contributed by atoms with Crippen molar-refractivity contribution >= 4 is 11.6 Å². The molecule has 1 atom stereocenters. The van der Waals surface area contributed by atoms with Gasteiger partial charge < -0.3 is 5.73 Å². The van der Waals surface area contributed by atoms with Gasteiger partial charge in [-0.25, -0.2) is 4.39 Å². The van der Waals surface area contributed by atoms with Gasteiger partial charge in [0.15, 0.2) is 0 Å². The summed E-state index contributed by atoms with van der Waals surface area (Å²) in [4.78, 5) is 0. The van der Waals surface area contributed by atoms with E-state index in [9.17, 15) is 4.39 Å². The quantitative estimate of drug-likeness (QED) is 0.862. The summed E-state index contributed by atoms with van der Waals surface area (Å²) in [6, 6.07) is 3.53. The van der Waals surface area contributed by atoms with Gasteiger partial charge in [0.2, 0.25) is 0 Å². The lowest BCUT2D eigenvalue weighted by Crippen LogP contribution is -2.14. The lowest BCUT2D eigenvalue weighted by atomic mass is 9.84. The van der Waals surface area contributed by atoms with E-state index in [0.717, 1.165) is 17.5 Å². The van der Waals surface area contributed by atoms with E-state index in [1.54, 1.807) is 0 Å². The maximum atomic E-state index is 13.8. The van der Waals surface area contributed by atoms with Crippen molar-refractivity contribution in [3.05, 3.63) is 34.1 Å². The van der Waals surface area contributed by atoms with Crippen molar-refractivity contribution in [2.75, 3.05) is 6.54 Å². The summed E-state index contributed by atoms with van der Waals surface area (Å²) in [7, 11) is 0. The summed E-state index contributed by atoms with van der Waals surface area (Å²) in [5.74, 6) is -0.0779. The lowest BCUT2D eigenvalue weighted by Gasteiger charge is -2.23. The van der Waals surface area contributed by atoms with Crippen molar-refractivity contribution in [1.82, 2.24) is 0 Å². The van der Waals surface area contributed by atoms with Crippen molar-refractivity contribution in [1.29, 1.82) is 0 Å². The van der Waals surface area contributed by atoms with Crippen LogP contribution in [-0.4, -0.2) is 6.54 Å². The molecule has 1 nitrogen and oxygen atoms in total. The Kier molecular flexibility index (Phi) is 4.56. The highest BCUT2D eigenvalue weighted by atomic mass is 35.5. The summed E-state index contributed by atoms with van der Waals surface area (Å²) >= 11 is 6.03. The fourth-order valence-corrected chi connectivity index (χ4v) is 2.25. The van der Waals surface area contributed by atoms with Gasteiger partial charge in [-0.15, -0.1) is 0 Å². The second-order valence-corrected chi connectivity index (χ2v) is 5.97. The molecule has 1 aromatic carbocycles. The summed E-state index contributed by atoms with van der Waals surface area (Å²) in [5, 5.41) is 0.237. The van der Waals surface area contributed by atoms with Crippen molar-refractivity contribution in [3.8, 4) is 0 Å². The molecule has 0 bridgehead atoms. The molecule has 0 saturated heterocycles. The smallest absolute Gasteiger partial charge is 0.142 e. The van der Waals surface area contributed by atoms with Gasteiger partial charge in [0, 0.05) is 0 Å². The van der Waals surface area contributed by atoms with Gasteiger partial charge in [-0.05, 0) is 41.5 Å². The van der Waals surface area contributed by atoms with E-state index in [1.807, 2.05) is 26.8 Å². The molecule has 0 heterocycles. The predicted octanol–water partition coefficient (Wildman–Crippen LogP) is 4.23. The summed E-state index contributed by atoms with van der Waals surface area (Å²) in [5.41, 5.74) is 7.22. The van der Waals surface area contributed by atoms with Crippen LogP contribution in [0.4, 0.5) is 4.39 Å². The fourth-order valence-electron chi connectivity index (χ4n) is 1.86. The first kappa shape index (κ1) is 14.5. The average molecular weight is 258 g/mol. The Hall–Kier alpha value is -0.600. The molecule has 0 spiro atoms. The molecule has 96 valence electrons. The minimum Gasteiger partial charge on any atom is -0.330 e. The van der Waals surface area contributed by atoms with Crippen LogP contribution in [0.2, 0.25) is 5.02 Å². The van der Waals surface area contributed by atoms with Gasteiger partial charge in [-0.3, -0.25) is 0 Å². The Balaban J connectivity index is 3.24. The first-order valence-electron chi connectivity index (χ1n) is 5.97. The van der Waals surface area contributed by atoms with Gasteiger partial charge in [0.25, 0.3) is 0 Å². The molecule has 0 aliphatic carbocycles. The molecular formula is C14H21ClFN. The van der Waals surface area contributed by atoms with E-state index in [-0.39, 0.29) is 22.2 Å². The van der Waals surface area contributed by atoms with E-state index < -0.39 is 0 Å². The standard InChI is InChI=1S/C14H21ClFN/c1-9(5-6-17)10-7-11(14(2,3)4)13(15)12(16)8-10/h7-9H,5-6,17H2,1-4H3. The van der Waals surface area contributed by atoms with Crippen molar-refractivity contribution in [2.45, 2.75) is 45.4 Å². The zero-order chi connectivity index (χ0) is 13.2. The Bertz CT molecular complexity index is 396. The highest BCUT2D eigenvalue weighted by Crippen LogP contribution is 2.34. The number of nitrogens with two attached hydrogens (primary N) is 1. The molecule has 1 unspecified atom stereocenters. The monoisotopic (exact) mass is 257 g/mol. The van der Waals surface area contributed by atoms with Crippen LogP contribution in [0, 0.1) is 5.82 Å². The number of benzene rings is 1. The topological polar surface area (TPSA) is 26.0 Å². The first-order valence-corrected chi connectivity index (χ1v) is 6.34. The maximum absolute atomic E-state index is 13.8. The SMILES string of the molecule is CC(CCN)c1cc(F)c(Cl)c(C(C)(C)C)c1. The van der Waals surface area contributed by atoms with Gasteiger partial charge in [-0.2, -0.15) is 0 Å². The van der Waals surface area contributed by atoms with Crippen LogP contribution in [0.3, 0.4) is 0 Å². The third-order valence-corrected chi connectivity index (χ3v) is 3.41. The van der Waals surface area contributed by atoms with Crippen molar-refractivity contribution in [3.63, 3.8) is 0 Å². The predicted molar refractivity (Wildman–Crippen MR) is 72.2 cm³/mol. The molecule has 0 saturated carbocycles. The largest absolute Gasteiger partial charge is 0.330 e. The van der Waals surface area contributed by atoms with Crippen molar-refractivity contribution in [2.24, 2.45) is 5.73 Å². The van der Waals surface area contributed by atoms with Crippen LogP contribution >= 0.6 is 11.6 Å². The Morgan fingerprint density at radius 1 is 1.35 bits per heavy atom. The molecule has 3 heteroatoms. The summed E-state index contributed by atoms with van der Waals surface area (Å²) in [6.07, 6.45) is 0.852. The van der Waals surface area contributed by atoms with Crippen LogP contribution in [0.15, 0.2) is 12.1 Å². The second-order valence-electron chi connectivity index (χ2n) is 5.59. The highest BCUT2D eigenvalue weighted by molar-refractivity contribution is 6.31. The Labute approximate surface area is 108 Å². The van der Waals surface area contributed by atoms with Crippen molar-refractivity contribution < 1.29 is 4.39 Å². The van der Waals surface area contributed by atoms with E-state index in [4.69, 9.17) is 17.3 Å². The Morgan fingerprint density at radius 2 is 1.94 bits per heavy atom. The van der Waals surface area contributed by atoms with Crippen LogP contribution in [0.1, 0.15) is 51.2 Å².